The molecule has 0 amide bonds. The summed E-state index contributed by atoms with van der Waals surface area (Å²) in [6.45, 7) is 5.93. The van der Waals surface area contributed by atoms with E-state index in [1.54, 1.807) is 14.2 Å². The van der Waals surface area contributed by atoms with Crippen LogP contribution in [0.15, 0.2) is 41.4 Å². The first-order valence-electron chi connectivity index (χ1n) is 8.32. The van der Waals surface area contributed by atoms with E-state index in [1.807, 2.05) is 50.2 Å². The van der Waals surface area contributed by atoms with E-state index in [0.29, 0.717) is 13.1 Å². The smallest absolute Gasteiger partial charge is 0.191 e. The van der Waals surface area contributed by atoms with Crippen LogP contribution in [0.4, 0.5) is 0 Å². The van der Waals surface area contributed by atoms with Crippen molar-refractivity contribution >= 4 is 5.96 Å². The lowest BCUT2D eigenvalue weighted by atomic mass is 10.2. The van der Waals surface area contributed by atoms with E-state index in [-0.39, 0.29) is 0 Å². The highest BCUT2D eigenvalue weighted by Gasteiger charge is 2.06. The fraction of sp³-hybridized carbons (Fsp3) is 0.368. The Morgan fingerprint density at radius 1 is 1.12 bits per heavy atom. The number of benzene rings is 1. The average molecular weight is 342 g/mol. The quantitative estimate of drug-likeness (QED) is 0.598. The van der Waals surface area contributed by atoms with Gasteiger partial charge in [0.2, 0.25) is 0 Å². The van der Waals surface area contributed by atoms with Crippen LogP contribution in [0.5, 0.6) is 11.5 Å². The molecule has 2 N–H and O–H groups in total. The first-order chi connectivity index (χ1) is 12.2. The summed E-state index contributed by atoms with van der Waals surface area (Å²) in [5.74, 6) is 2.27. The zero-order valence-electron chi connectivity index (χ0n) is 15.3. The second-order valence-electron chi connectivity index (χ2n) is 5.50. The number of rotatable bonds is 7. The molecule has 1 aromatic carbocycles. The van der Waals surface area contributed by atoms with Gasteiger partial charge in [0.15, 0.2) is 5.96 Å². The molecule has 0 bridgehead atoms. The minimum Gasteiger partial charge on any atom is -0.497 e. The average Bonchev–Trinajstić information content (AvgIpc) is 2.64. The fourth-order valence-corrected chi connectivity index (χ4v) is 2.36. The van der Waals surface area contributed by atoms with Crippen molar-refractivity contribution in [1.29, 1.82) is 0 Å². The third-order valence-electron chi connectivity index (χ3n) is 3.63. The van der Waals surface area contributed by atoms with Crippen LogP contribution in [0.25, 0.3) is 0 Å². The molecule has 1 aromatic heterocycles. The van der Waals surface area contributed by atoms with E-state index >= 15 is 0 Å². The van der Waals surface area contributed by atoms with Crippen molar-refractivity contribution in [2.24, 2.45) is 4.99 Å². The number of nitrogens with one attached hydrogen (secondary N) is 2. The van der Waals surface area contributed by atoms with Crippen LogP contribution < -0.4 is 20.1 Å². The Bertz CT molecular complexity index is 716. The van der Waals surface area contributed by atoms with Crippen LogP contribution in [0.3, 0.4) is 0 Å². The van der Waals surface area contributed by atoms with Gasteiger partial charge in [-0.15, -0.1) is 0 Å². The van der Waals surface area contributed by atoms with E-state index in [0.717, 1.165) is 41.0 Å². The van der Waals surface area contributed by atoms with E-state index < -0.39 is 0 Å². The second-order valence-corrected chi connectivity index (χ2v) is 5.50. The maximum absolute atomic E-state index is 5.42. The SMILES string of the molecule is CCNC(=NCc1ccc(OC)cc1OC)NCc1cccc(C)n1. The normalized spacial score (nSPS) is 11.1. The van der Waals surface area contributed by atoms with Crippen LogP contribution in [0.1, 0.15) is 23.9 Å². The molecule has 2 aromatic rings. The molecule has 6 nitrogen and oxygen atoms in total. The Balaban J connectivity index is 2.06. The number of aliphatic imine (C=N–C) groups is 1. The Kier molecular flexibility index (Phi) is 7.07. The summed E-state index contributed by atoms with van der Waals surface area (Å²) in [5, 5.41) is 6.55. The van der Waals surface area contributed by atoms with Crippen molar-refractivity contribution < 1.29 is 9.47 Å². The van der Waals surface area contributed by atoms with E-state index in [9.17, 15) is 0 Å². The van der Waals surface area contributed by atoms with Gasteiger partial charge in [-0.3, -0.25) is 4.98 Å². The van der Waals surface area contributed by atoms with Gasteiger partial charge in [-0.1, -0.05) is 6.07 Å². The molecule has 0 radical (unpaired) electrons. The third kappa shape index (κ3) is 5.67. The van der Waals surface area contributed by atoms with Crippen molar-refractivity contribution in [2.75, 3.05) is 20.8 Å². The highest BCUT2D eigenvalue weighted by atomic mass is 16.5. The summed E-state index contributed by atoms with van der Waals surface area (Å²) < 4.78 is 10.6. The Hall–Kier alpha value is -2.76. The number of pyridine rings is 1. The summed E-state index contributed by atoms with van der Waals surface area (Å²) in [6.07, 6.45) is 0. The minimum absolute atomic E-state index is 0.504. The molecule has 0 spiro atoms. The fourth-order valence-electron chi connectivity index (χ4n) is 2.36. The Labute approximate surface area is 149 Å². The topological polar surface area (TPSA) is 67.8 Å². The molecule has 1 heterocycles. The van der Waals surface area contributed by atoms with Gasteiger partial charge >= 0.3 is 0 Å². The standard InChI is InChI=1S/C19H26N4O2/c1-5-20-19(22-13-16-8-6-7-14(2)23-16)21-12-15-9-10-17(24-3)11-18(15)25-4/h6-11H,5,12-13H2,1-4H3,(H2,20,21,22). The first kappa shape index (κ1) is 18.6. The maximum Gasteiger partial charge on any atom is 0.191 e. The van der Waals surface area contributed by atoms with Gasteiger partial charge in [-0.05, 0) is 38.1 Å². The van der Waals surface area contributed by atoms with Crippen molar-refractivity contribution in [1.82, 2.24) is 15.6 Å². The Morgan fingerprint density at radius 3 is 2.64 bits per heavy atom. The largest absolute Gasteiger partial charge is 0.497 e. The van der Waals surface area contributed by atoms with Crippen molar-refractivity contribution in [3.8, 4) is 11.5 Å². The van der Waals surface area contributed by atoms with Crippen molar-refractivity contribution in [3.63, 3.8) is 0 Å². The van der Waals surface area contributed by atoms with Gasteiger partial charge in [0, 0.05) is 23.9 Å². The highest BCUT2D eigenvalue weighted by molar-refractivity contribution is 5.79. The molecule has 0 aliphatic heterocycles. The molecule has 0 aliphatic rings. The molecule has 0 atom stereocenters. The summed E-state index contributed by atoms with van der Waals surface area (Å²) in [5.41, 5.74) is 2.98. The number of nitrogens with zero attached hydrogens (tertiary/aromatic N) is 2. The van der Waals surface area contributed by atoms with Crippen LogP contribution in [0.2, 0.25) is 0 Å². The maximum atomic E-state index is 5.42. The van der Waals surface area contributed by atoms with E-state index in [1.165, 1.54) is 0 Å². The first-order valence-corrected chi connectivity index (χ1v) is 8.32. The monoisotopic (exact) mass is 342 g/mol. The molecule has 134 valence electrons. The number of hydrogen-bond acceptors (Lipinski definition) is 4. The summed E-state index contributed by atoms with van der Waals surface area (Å²) >= 11 is 0. The molecule has 0 unspecified atom stereocenters. The van der Waals surface area contributed by atoms with Crippen LogP contribution in [0, 0.1) is 6.92 Å². The van der Waals surface area contributed by atoms with E-state index in [2.05, 4.69) is 20.6 Å². The lowest BCUT2D eigenvalue weighted by molar-refractivity contribution is 0.391. The molecular formula is C19H26N4O2. The zero-order chi connectivity index (χ0) is 18.1. The van der Waals surface area contributed by atoms with Gasteiger partial charge in [0.1, 0.15) is 11.5 Å². The summed E-state index contributed by atoms with van der Waals surface area (Å²) in [4.78, 5) is 9.12. The number of guanidine groups is 1. The highest BCUT2D eigenvalue weighted by Crippen LogP contribution is 2.25. The second kappa shape index (κ2) is 9.52. The minimum atomic E-state index is 0.504. The van der Waals surface area contributed by atoms with Gasteiger partial charge in [-0.25, -0.2) is 4.99 Å². The number of aromatic nitrogens is 1. The van der Waals surface area contributed by atoms with Gasteiger partial charge in [0.25, 0.3) is 0 Å². The molecule has 6 heteroatoms. The molecule has 0 aliphatic carbocycles. The van der Waals surface area contributed by atoms with E-state index in [4.69, 9.17) is 9.47 Å². The number of ether oxygens (including phenoxy) is 2. The molecule has 25 heavy (non-hydrogen) atoms. The van der Waals surface area contributed by atoms with Gasteiger partial charge < -0.3 is 20.1 Å². The zero-order valence-corrected chi connectivity index (χ0v) is 15.3. The summed E-state index contributed by atoms with van der Waals surface area (Å²) in [7, 11) is 3.29. The lowest BCUT2D eigenvalue weighted by Gasteiger charge is -2.12. The number of methoxy groups -OCH3 is 2. The molecule has 0 saturated heterocycles. The van der Waals surface area contributed by atoms with Crippen LogP contribution in [-0.2, 0) is 13.1 Å². The van der Waals surface area contributed by atoms with Gasteiger partial charge in [-0.2, -0.15) is 0 Å². The lowest BCUT2D eigenvalue weighted by Crippen LogP contribution is -2.37. The van der Waals surface area contributed by atoms with Crippen LogP contribution in [-0.4, -0.2) is 31.7 Å². The molecular weight excluding hydrogens is 316 g/mol. The molecule has 0 fully saturated rings. The predicted molar refractivity (Wildman–Crippen MR) is 100 cm³/mol. The summed E-state index contributed by atoms with van der Waals surface area (Å²) in [6, 6.07) is 11.7. The van der Waals surface area contributed by atoms with Crippen LogP contribution >= 0.6 is 0 Å². The van der Waals surface area contributed by atoms with Crippen molar-refractivity contribution in [3.05, 3.63) is 53.3 Å². The van der Waals surface area contributed by atoms with Crippen molar-refractivity contribution in [2.45, 2.75) is 26.9 Å². The van der Waals surface area contributed by atoms with Gasteiger partial charge in [0.05, 0.1) is 33.0 Å². The molecule has 0 saturated carbocycles. The molecule has 2 rings (SSSR count). The third-order valence-corrected chi connectivity index (χ3v) is 3.63. The predicted octanol–water partition coefficient (Wildman–Crippen LogP) is 2.66. The number of aryl methyl sites for hydroxylation is 1. The number of hydrogen-bond donors (Lipinski definition) is 2. The Morgan fingerprint density at radius 2 is 1.96 bits per heavy atom.